The maximum Gasteiger partial charge on any atom is 0.326 e. The van der Waals surface area contributed by atoms with Crippen molar-refractivity contribution in [3.63, 3.8) is 0 Å². The number of hydrogen-bond acceptors (Lipinski definition) is 5. The van der Waals surface area contributed by atoms with Gasteiger partial charge in [0.05, 0.1) is 19.0 Å². The number of amides is 3. The molecule has 0 saturated carbocycles. The third-order valence-electron chi connectivity index (χ3n) is 4.26. The third kappa shape index (κ3) is 3.85. The molecule has 1 aromatic carbocycles. The van der Waals surface area contributed by atoms with E-state index in [0.29, 0.717) is 41.9 Å². The number of hydrogen-bond donors (Lipinski definition) is 1. The molecule has 0 atom stereocenters. The Morgan fingerprint density at radius 1 is 1.19 bits per heavy atom. The van der Waals surface area contributed by atoms with Gasteiger partial charge in [0.15, 0.2) is 5.13 Å². The molecule has 1 saturated heterocycles. The molecule has 8 heteroatoms. The van der Waals surface area contributed by atoms with E-state index in [2.05, 4.69) is 10.3 Å². The van der Waals surface area contributed by atoms with Crippen molar-refractivity contribution in [2.45, 2.75) is 13.1 Å². The van der Waals surface area contributed by atoms with Crippen LogP contribution in [0.4, 0.5) is 9.93 Å². The lowest BCUT2D eigenvalue weighted by Crippen LogP contribution is -2.31. The van der Waals surface area contributed by atoms with Crippen LogP contribution in [-0.2, 0) is 13.1 Å². The molecule has 4 rings (SSSR count). The normalized spacial score (nSPS) is 14.0. The van der Waals surface area contributed by atoms with Gasteiger partial charge in [-0.3, -0.25) is 9.69 Å². The van der Waals surface area contributed by atoms with Gasteiger partial charge in [-0.15, -0.1) is 0 Å². The molecular formula is C19H18N4O3S. The van der Waals surface area contributed by atoms with Crippen LogP contribution in [0.25, 0.3) is 0 Å². The van der Waals surface area contributed by atoms with Crippen molar-refractivity contribution in [1.82, 2.24) is 15.2 Å². The van der Waals surface area contributed by atoms with Crippen LogP contribution in [-0.4, -0.2) is 34.9 Å². The first-order valence-corrected chi connectivity index (χ1v) is 9.39. The standard InChI is InChI=1S/C19H18N4O3S/c24-17(20-11-15-7-4-10-26-15)16-12-21-18(27-16)23-9-8-22(19(23)25)13-14-5-2-1-3-6-14/h1-7,10,12H,8-9,11,13H2,(H,20,24). The van der Waals surface area contributed by atoms with Crippen LogP contribution < -0.4 is 10.2 Å². The zero-order valence-electron chi connectivity index (χ0n) is 14.5. The number of carbonyl (C=O) groups is 2. The van der Waals surface area contributed by atoms with E-state index >= 15 is 0 Å². The van der Waals surface area contributed by atoms with Gasteiger partial charge in [0.1, 0.15) is 10.6 Å². The van der Waals surface area contributed by atoms with E-state index in [4.69, 9.17) is 4.42 Å². The molecule has 0 aliphatic carbocycles. The van der Waals surface area contributed by atoms with Crippen LogP contribution in [0.15, 0.2) is 59.3 Å². The molecule has 1 fully saturated rings. The highest BCUT2D eigenvalue weighted by Gasteiger charge is 2.31. The predicted octanol–water partition coefficient (Wildman–Crippen LogP) is 3.11. The van der Waals surface area contributed by atoms with Gasteiger partial charge in [-0.05, 0) is 17.7 Å². The van der Waals surface area contributed by atoms with Crippen LogP contribution in [0.2, 0.25) is 0 Å². The van der Waals surface area contributed by atoms with E-state index in [1.807, 2.05) is 30.3 Å². The first kappa shape index (κ1) is 17.3. The molecule has 138 valence electrons. The van der Waals surface area contributed by atoms with E-state index in [-0.39, 0.29) is 11.9 Å². The minimum atomic E-state index is -0.233. The van der Waals surface area contributed by atoms with Crippen molar-refractivity contribution in [2.24, 2.45) is 0 Å². The zero-order valence-corrected chi connectivity index (χ0v) is 15.3. The summed E-state index contributed by atoms with van der Waals surface area (Å²) in [6, 6.07) is 13.4. The van der Waals surface area contributed by atoms with Crippen LogP contribution in [0.1, 0.15) is 21.0 Å². The Bertz CT molecular complexity index is 924. The van der Waals surface area contributed by atoms with E-state index in [1.165, 1.54) is 17.5 Å². The van der Waals surface area contributed by atoms with Crippen LogP contribution in [0.5, 0.6) is 0 Å². The maximum atomic E-state index is 12.7. The molecule has 0 unspecified atom stereocenters. The average Bonchev–Trinajstić information content (AvgIpc) is 3.43. The Morgan fingerprint density at radius 3 is 2.81 bits per heavy atom. The topological polar surface area (TPSA) is 78.7 Å². The fourth-order valence-electron chi connectivity index (χ4n) is 2.87. The summed E-state index contributed by atoms with van der Waals surface area (Å²) in [4.78, 5) is 33.1. The molecule has 1 aliphatic rings. The summed E-state index contributed by atoms with van der Waals surface area (Å²) < 4.78 is 5.20. The van der Waals surface area contributed by atoms with Crippen LogP contribution in [0.3, 0.4) is 0 Å². The molecule has 0 radical (unpaired) electrons. The monoisotopic (exact) mass is 382 g/mol. The lowest BCUT2D eigenvalue weighted by Gasteiger charge is -2.16. The number of carbonyl (C=O) groups excluding carboxylic acids is 2. The van der Waals surface area contributed by atoms with Crippen molar-refractivity contribution in [1.29, 1.82) is 0 Å². The summed E-state index contributed by atoms with van der Waals surface area (Å²) in [6.07, 6.45) is 3.07. The molecule has 3 heterocycles. The molecule has 1 N–H and O–H groups in total. The third-order valence-corrected chi connectivity index (χ3v) is 5.28. The minimum absolute atomic E-state index is 0.0873. The fraction of sp³-hybridized carbons (Fsp3) is 0.211. The van der Waals surface area contributed by atoms with Crippen molar-refractivity contribution in [3.8, 4) is 0 Å². The summed E-state index contributed by atoms with van der Waals surface area (Å²) in [5, 5.41) is 3.32. The summed E-state index contributed by atoms with van der Waals surface area (Å²) in [7, 11) is 0. The fourth-order valence-corrected chi connectivity index (χ4v) is 3.72. The van der Waals surface area contributed by atoms with Gasteiger partial charge in [0.2, 0.25) is 0 Å². The number of nitrogens with zero attached hydrogens (tertiary/aromatic N) is 3. The lowest BCUT2D eigenvalue weighted by atomic mass is 10.2. The molecule has 1 aliphatic heterocycles. The molecule has 27 heavy (non-hydrogen) atoms. The molecule has 0 spiro atoms. The number of anilines is 1. The van der Waals surface area contributed by atoms with Gasteiger partial charge >= 0.3 is 6.03 Å². The number of furan rings is 1. The van der Waals surface area contributed by atoms with E-state index in [1.54, 1.807) is 28.2 Å². The molecule has 0 bridgehead atoms. The second-order valence-corrected chi connectivity index (χ2v) is 7.12. The number of rotatable bonds is 6. The average molecular weight is 382 g/mol. The number of nitrogens with one attached hydrogen (secondary N) is 1. The van der Waals surface area contributed by atoms with E-state index in [0.717, 1.165) is 5.56 Å². The molecular weight excluding hydrogens is 364 g/mol. The zero-order chi connectivity index (χ0) is 18.6. The number of aromatic nitrogens is 1. The Morgan fingerprint density at radius 2 is 2.04 bits per heavy atom. The smallest absolute Gasteiger partial charge is 0.326 e. The first-order valence-electron chi connectivity index (χ1n) is 8.57. The number of thiazole rings is 1. The Hall–Kier alpha value is -3.13. The molecule has 3 aromatic rings. The SMILES string of the molecule is O=C(NCc1ccco1)c1cnc(N2CCN(Cc3ccccc3)C2=O)s1. The Labute approximate surface area is 160 Å². The Balaban J connectivity index is 1.38. The summed E-state index contributed by atoms with van der Waals surface area (Å²) in [6.45, 7) is 2.07. The maximum absolute atomic E-state index is 12.7. The summed E-state index contributed by atoms with van der Waals surface area (Å²) >= 11 is 1.21. The predicted molar refractivity (Wildman–Crippen MR) is 102 cm³/mol. The van der Waals surface area contributed by atoms with Gasteiger partial charge < -0.3 is 14.6 Å². The lowest BCUT2D eigenvalue weighted by molar-refractivity contribution is 0.0952. The highest BCUT2D eigenvalue weighted by atomic mass is 32.1. The van der Waals surface area contributed by atoms with E-state index < -0.39 is 0 Å². The number of benzene rings is 1. The second kappa shape index (κ2) is 7.63. The highest BCUT2D eigenvalue weighted by Crippen LogP contribution is 2.26. The van der Waals surface area contributed by atoms with Crippen molar-refractivity contribution >= 4 is 28.4 Å². The van der Waals surface area contributed by atoms with Crippen molar-refractivity contribution in [3.05, 3.63) is 71.1 Å². The van der Waals surface area contributed by atoms with Gasteiger partial charge in [0, 0.05) is 19.6 Å². The Kier molecular flexibility index (Phi) is 4.88. The minimum Gasteiger partial charge on any atom is -0.467 e. The largest absolute Gasteiger partial charge is 0.467 e. The van der Waals surface area contributed by atoms with Crippen molar-refractivity contribution < 1.29 is 14.0 Å². The van der Waals surface area contributed by atoms with Crippen LogP contribution >= 0.6 is 11.3 Å². The second-order valence-electron chi connectivity index (χ2n) is 6.11. The summed E-state index contributed by atoms with van der Waals surface area (Å²) in [5.41, 5.74) is 1.09. The number of urea groups is 1. The highest BCUT2D eigenvalue weighted by molar-refractivity contribution is 7.17. The van der Waals surface area contributed by atoms with Gasteiger partial charge in [-0.2, -0.15) is 0 Å². The van der Waals surface area contributed by atoms with Gasteiger partial charge in [-0.1, -0.05) is 41.7 Å². The first-order chi connectivity index (χ1) is 13.2. The molecule has 3 amide bonds. The molecule has 2 aromatic heterocycles. The van der Waals surface area contributed by atoms with Gasteiger partial charge in [-0.25, -0.2) is 9.78 Å². The van der Waals surface area contributed by atoms with Crippen LogP contribution in [0, 0.1) is 0 Å². The van der Waals surface area contributed by atoms with E-state index in [9.17, 15) is 9.59 Å². The quantitative estimate of drug-likeness (QED) is 0.710. The molecule has 7 nitrogen and oxygen atoms in total. The summed E-state index contributed by atoms with van der Waals surface area (Å²) in [5.74, 6) is 0.447. The van der Waals surface area contributed by atoms with Crippen molar-refractivity contribution in [2.75, 3.05) is 18.0 Å². The van der Waals surface area contributed by atoms with Gasteiger partial charge in [0.25, 0.3) is 5.91 Å².